The van der Waals surface area contributed by atoms with Gasteiger partial charge in [0.25, 0.3) is 6.50 Å². The van der Waals surface area contributed by atoms with Crippen LogP contribution in [0.3, 0.4) is 0 Å². The first kappa shape index (κ1) is 6.71. The molecule has 7 nitrogen and oxygen atoms in total. The predicted molar refractivity (Wildman–Crippen MR) is 92.6 cm³/mol. The normalized spacial score (nSPS) is 36.2. The van der Waals surface area contributed by atoms with Gasteiger partial charge in [-0.2, -0.15) is 0 Å². The Morgan fingerprint density at radius 2 is 2.58 bits per heavy atom. The number of piperidine rings is 1. The van der Waals surface area contributed by atoms with E-state index in [9.17, 15) is 4.79 Å². The molecule has 1 aliphatic heterocycles. The number of carbonyl (C=O) groups excluding carboxylic acids is 1. The van der Waals surface area contributed by atoms with Gasteiger partial charge in [-0.05, 0) is 25.3 Å². The number of amides is 1. The van der Waals surface area contributed by atoms with E-state index < -0.39 is 67.7 Å². The Labute approximate surface area is 159 Å². The van der Waals surface area contributed by atoms with Gasteiger partial charge >= 0.3 is 5.91 Å². The second kappa shape index (κ2) is 6.48. The summed E-state index contributed by atoms with van der Waals surface area (Å²) in [7, 11) is 0. The van der Waals surface area contributed by atoms with Gasteiger partial charge in [0.15, 0.2) is 0 Å². The Hall–Kier alpha value is -2.62. The fourth-order valence-electron chi connectivity index (χ4n) is 2.26. The molecular weight excluding hydrogens is 304 g/mol. The van der Waals surface area contributed by atoms with Crippen molar-refractivity contribution in [2.45, 2.75) is 26.3 Å². The lowest BCUT2D eigenvalue weighted by Gasteiger charge is -2.41. The minimum Gasteiger partial charge on any atom is -0.354 e. The van der Waals surface area contributed by atoms with Gasteiger partial charge in [-0.1, -0.05) is 6.92 Å². The van der Waals surface area contributed by atoms with Crippen LogP contribution in [0.2, 0.25) is 0 Å². The van der Waals surface area contributed by atoms with Crippen molar-refractivity contribution in [3.8, 4) is 0 Å². The summed E-state index contributed by atoms with van der Waals surface area (Å²) in [4.78, 5) is 25.7. The summed E-state index contributed by atoms with van der Waals surface area (Å²) in [5.41, 5.74) is 0.0708. The average Bonchev–Trinajstić information content (AvgIpc) is 3.01. The van der Waals surface area contributed by atoms with Gasteiger partial charge in [-0.25, -0.2) is 16.5 Å². The fourth-order valence-corrected chi connectivity index (χ4v) is 2.26. The van der Waals surface area contributed by atoms with Gasteiger partial charge in [0.2, 0.25) is 0 Å². The number of anilines is 1. The Balaban J connectivity index is 2.43. The van der Waals surface area contributed by atoms with E-state index in [2.05, 4.69) is 19.8 Å². The highest BCUT2D eigenvalue weighted by Gasteiger charge is 2.33. The van der Waals surface area contributed by atoms with Crippen molar-refractivity contribution < 1.29 is 22.6 Å². The van der Waals surface area contributed by atoms with E-state index in [0.717, 1.165) is 6.92 Å². The zero-order valence-electron chi connectivity index (χ0n) is 25.8. The monoisotopic (exact) mass is 339 g/mol. The first-order valence-corrected chi connectivity index (χ1v) is 6.91. The van der Waals surface area contributed by atoms with Gasteiger partial charge < -0.3 is 19.6 Å². The lowest BCUT2D eigenvalue weighted by molar-refractivity contribution is -0.130. The number of H-pyrrole nitrogens is 1. The van der Waals surface area contributed by atoms with Gasteiger partial charge in [0.1, 0.15) is 21.9 Å². The third-order valence-corrected chi connectivity index (χ3v) is 3.40. The van der Waals surface area contributed by atoms with Gasteiger partial charge in [0, 0.05) is 35.3 Å². The molecule has 1 aliphatic rings. The number of aromatic amines is 1. The van der Waals surface area contributed by atoms with Gasteiger partial charge in [0.05, 0.1) is 15.5 Å². The highest BCUT2D eigenvalue weighted by atomic mass is 16.2. The molecular formula is C17H22N6O. The molecule has 0 bridgehead atoms. The van der Waals surface area contributed by atoms with Crippen LogP contribution in [0.4, 0.5) is 5.82 Å². The molecule has 7 heteroatoms. The lowest BCUT2D eigenvalue weighted by atomic mass is 9.92. The molecule has 126 valence electrons. The van der Waals surface area contributed by atoms with Crippen molar-refractivity contribution in [3.05, 3.63) is 29.5 Å². The van der Waals surface area contributed by atoms with E-state index in [1.807, 2.05) is 0 Å². The number of carbonyl (C=O) groups is 1. The Kier molecular flexibility index (Phi) is 1.81. The van der Waals surface area contributed by atoms with Crippen LogP contribution in [0.5, 0.6) is 0 Å². The molecule has 2 atom stereocenters. The highest BCUT2D eigenvalue weighted by molar-refractivity contribution is 5.88. The Morgan fingerprint density at radius 1 is 1.75 bits per heavy atom. The van der Waals surface area contributed by atoms with Crippen molar-refractivity contribution in [1.29, 1.82) is 0 Å². The summed E-state index contributed by atoms with van der Waals surface area (Å²) >= 11 is 0. The van der Waals surface area contributed by atoms with Crippen molar-refractivity contribution in [2.24, 2.45) is 5.92 Å². The molecule has 0 unspecified atom stereocenters. The summed E-state index contributed by atoms with van der Waals surface area (Å²) in [6.07, 6.45) is -3.91. The van der Waals surface area contributed by atoms with Crippen molar-refractivity contribution >= 4 is 22.8 Å². The number of likely N-dealkylation sites (N-methyl/N-ethyl adjacent to an activating group) is 1. The molecule has 1 saturated heterocycles. The van der Waals surface area contributed by atoms with E-state index in [0.29, 0.717) is 4.90 Å². The number of fused-ring (bicyclic) bond motifs is 1. The van der Waals surface area contributed by atoms with E-state index >= 15 is 0 Å². The van der Waals surface area contributed by atoms with Crippen LogP contribution >= 0.6 is 0 Å². The molecule has 0 aromatic carbocycles. The van der Waals surface area contributed by atoms with Crippen LogP contribution in [0.25, 0.3) is 15.9 Å². The summed E-state index contributed by atoms with van der Waals surface area (Å²) in [5.74, 6) is -4.55. The van der Waals surface area contributed by atoms with E-state index in [4.69, 9.17) is 24.4 Å². The van der Waals surface area contributed by atoms with Crippen LogP contribution in [-0.4, -0.2) is 58.3 Å². The summed E-state index contributed by atoms with van der Waals surface area (Å²) < 4.78 is 107. The first-order valence-electron chi connectivity index (χ1n) is 13.4. The molecule has 0 radical (unpaired) electrons. The van der Waals surface area contributed by atoms with Crippen LogP contribution in [0, 0.1) is 19.4 Å². The second-order valence-electron chi connectivity index (χ2n) is 5.10. The minimum absolute atomic E-state index is 0.133. The molecule has 1 fully saturated rings. The molecule has 0 saturated carbocycles. The maximum atomic E-state index is 13.0. The lowest BCUT2D eigenvalue weighted by Crippen LogP contribution is -2.53. The minimum atomic E-state index is -3.53. The molecule has 24 heavy (non-hydrogen) atoms. The number of hydrogen-bond donors (Lipinski definition) is 1. The molecule has 2 aromatic heterocycles. The van der Waals surface area contributed by atoms with E-state index in [1.165, 1.54) is 6.92 Å². The molecule has 1 N–H and O–H groups in total. The molecule has 2 aromatic rings. The van der Waals surface area contributed by atoms with Gasteiger partial charge in [-0.15, -0.1) is 0 Å². The Morgan fingerprint density at radius 3 is 3.33 bits per heavy atom. The largest absolute Gasteiger partial charge is 0.354 e. The van der Waals surface area contributed by atoms with Crippen LogP contribution < -0.4 is 4.90 Å². The highest BCUT2D eigenvalue weighted by Crippen LogP contribution is 2.29. The fraction of sp³-hybridized carbons (Fsp3) is 0.529. The third kappa shape index (κ3) is 2.92. The number of nitrogens with one attached hydrogen (secondary N) is 1. The van der Waals surface area contributed by atoms with Gasteiger partial charge in [-0.3, -0.25) is 4.79 Å². The first-order chi connectivity index (χ1) is 16.5. The van der Waals surface area contributed by atoms with Crippen molar-refractivity contribution in [2.75, 3.05) is 31.4 Å². The smallest absolute Gasteiger partial charge is 0.302 e. The molecule has 3 rings (SSSR count). The molecule has 0 aliphatic carbocycles. The van der Waals surface area contributed by atoms with Crippen molar-refractivity contribution in [3.63, 3.8) is 0 Å². The van der Waals surface area contributed by atoms with E-state index in [-0.39, 0.29) is 22.8 Å². The zero-order valence-corrected chi connectivity index (χ0v) is 12.8. The SMILES string of the molecule is [2H]c1nc(N([C@@H]2[C@H](C)C([2H])([2H])C([2H])([2H])N(C(=O)C([2H])([2H])[N+]#[C-])C2([2H])[2H])C([2H])([2H])[2H])c2c([2H])c(C)[nH]c2n1. The summed E-state index contributed by atoms with van der Waals surface area (Å²) in [6, 6.07) is -2.56. The standard InChI is InChI=1S/C17H22N6O/c1-11-5-6-23(15(24)8-18-3)9-14(11)22(4)17-13-7-12(2)21-16(13)19-10-20-17/h7,10-11,14H,5-6,8-9H2,1-2,4H3,(H,19,20,21)/t11-,14+/m1/s1/i4D3,5D2,6D2,7D,8D2,9D2,10D. The number of nitrogens with zero attached hydrogens (tertiary/aromatic N) is 5. The second-order valence-corrected chi connectivity index (χ2v) is 5.10. The van der Waals surface area contributed by atoms with Crippen LogP contribution in [-0.2, 0) is 4.79 Å². The number of likely N-dealkylation sites (tertiary alicyclic amines) is 1. The van der Waals surface area contributed by atoms with Crippen LogP contribution in [0.15, 0.2) is 12.3 Å². The number of aromatic nitrogens is 3. The topological polar surface area (TPSA) is 69.5 Å². The maximum absolute atomic E-state index is 13.0. The average molecular weight is 339 g/mol. The summed E-state index contributed by atoms with van der Waals surface area (Å²) in [6.45, 7) is -4.41. The Bertz CT molecular complexity index is 1300. The maximum Gasteiger partial charge on any atom is 0.302 e. The van der Waals surface area contributed by atoms with Crippen molar-refractivity contribution in [1.82, 2.24) is 19.9 Å². The number of hydrogen-bond acceptors (Lipinski definition) is 4. The van der Waals surface area contributed by atoms with E-state index in [1.54, 1.807) is 0 Å². The quantitative estimate of drug-likeness (QED) is 0.867. The summed E-state index contributed by atoms with van der Waals surface area (Å²) in [5, 5.41) is -0.240. The molecule has 3 heterocycles. The zero-order chi connectivity index (χ0) is 28.7. The predicted octanol–water partition coefficient (Wildman–Crippen LogP) is 1.86. The number of rotatable bonds is 3. The third-order valence-electron chi connectivity index (χ3n) is 3.40. The number of aryl methyl sites for hydroxylation is 1. The molecule has 0 spiro atoms. The molecule has 1 amide bonds. The van der Waals surface area contributed by atoms with Crippen LogP contribution in [0.1, 0.15) is 36.8 Å².